The van der Waals surface area contributed by atoms with Crippen LogP contribution in [0.25, 0.3) is 5.69 Å². The van der Waals surface area contributed by atoms with Crippen molar-refractivity contribution in [3.05, 3.63) is 101 Å². The third-order valence-corrected chi connectivity index (χ3v) is 7.23. The Morgan fingerprint density at radius 3 is 2.42 bits per heavy atom. The van der Waals surface area contributed by atoms with Gasteiger partial charge in [0.05, 0.1) is 37.0 Å². The number of anilines is 2. The van der Waals surface area contributed by atoms with E-state index >= 15 is 0 Å². The van der Waals surface area contributed by atoms with Crippen molar-refractivity contribution in [3.63, 3.8) is 0 Å². The molecule has 1 aromatic heterocycles. The Labute approximate surface area is 238 Å². The summed E-state index contributed by atoms with van der Waals surface area (Å²) < 4.78 is 12.8. The predicted octanol–water partition coefficient (Wildman–Crippen LogP) is 6.53. The van der Waals surface area contributed by atoms with Crippen molar-refractivity contribution in [2.75, 3.05) is 31.0 Å². The van der Waals surface area contributed by atoms with Gasteiger partial charge in [0.25, 0.3) is 0 Å². The fourth-order valence-corrected chi connectivity index (χ4v) is 5.25. The first-order chi connectivity index (χ1) is 19.3. The van der Waals surface area contributed by atoms with Crippen LogP contribution >= 0.6 is 11.6 Å². The Morgan fingerprint density at radius 1 is 0.950 bits per heavy atom. The maximum atomic E-state index is 14.3. The average molecular weight is 559 g/mol. The lowest BCUT2D eigenvalue weighted by Gasteiger charge is -2.40. The van der Waals surface area contributed by atoms with Gasteiger partial charge in [0.1, 0.15) is 24.1 Å². The second kappa shape index (κ2) is 11.4. The van der Waals surface area contributed by atoms with Crippen LogP contribution in [0, 0.1) is 0 Å². The number of nitrogens with zero attached hydrogens (tertiary/aromatic N) is 3. The molecule has 0 saturated heterocycles. The Kier molecular flexibility index (Phi) is 7.71. The number of fused-ring (bicyclic) bond motifs is 3. The third-order valence-electron chi connectivity index (χ3n) is 6.99. The number of benzene rings is 3. The molecule has 0 aliphatic carbocycles. The number of carbonyl (C=O) groups excluding carboxylic acids is 2. The van der Waals surface area contributed by atoms with Crippen molar-refractivity contribution in [1.29, 1.82) is 0 Å². The van der Waals surface area contributed by atoms with E-state index in [2.05, 4.69) is 9.88 Å². The summed E-state index contributed by atoms with van der Waals surface area (Å²) in [5.74, 6) is 0.830. The van der Waals surface area contributed by atoms with Gasteiger partial charge in [0, 0.05) is 23.3 Å². The van der Waals surface area contributed by atoms with Gasteiger partial charge in [-0.2, -0.15) is 0 Å². The molecule has 0 fully saturated rings. The monoisotopic (exact) mass is 558 g/mol. The molecule has 1 aliphatic rings. The van der Waals surface area contributed by atoms with Crippen molar-refractivity contribution >= 4 is 34.9 Å². The molecule has 1 N–H and O–H groups in total. The number of urea groups is 1. The number of methoxy groups -OCH3 is 2. The Morgan fingerprint density at radius 2 is 1.73 bits per heavy atom. The van der Waals surface area contributed by atoms with Gasteiger partial charge in [0.15, 0.2) is 0 Å². The highest BCUT2D eigenvalue weighted by molar-refractivity contribution is 6.30. The largest absolute Gasteiger partial charge is 0.497 e. The van der Waals surface area contributed by atoms with Crippen LogP contribution in [-0.2, 0) is 4.79 Å². The summed E-state index contributed by atoms with van der Waals surface area (Å²) in [6.07, 6.45) is 1.99. The van der Waals surface area contributed by atoms with E-state index in [0.29, 0.717) is 22.2 Å². The molecule has 1 atom stereocenters. The zero-order chi connectivity index (χ0) is 28.4. The molecule has 3 amide bonds. The molecule has 0 radical (unpaired) electrons. The average Bonchev–Trinajstić information content (AvgIpc) is 3.45. The highest BCUT2D eigenvalue weighted by Crippen LogP contribution is 2.42. The number of ether oxygens (including phenoxy) is 2. The minimum atomic E-state index is -0.435. The summed E-state index contributed by atoms with van der Waals surface area (Å²) in [6.45, 7) is 3.61. The van der Waals surface area contributed by atoms with E-state index in [-0.39, 0.29) is 18.5 Å². The first-order valence-corrected chi connectivity index (χ1v) is 13.3. The molecule has 40 heavy (non-hydrogen) atoms. The number of hydrogen-bond donors (Lipinski definition) is 1. The van der Waals surface area contributed by atoms with Gasteiger partial charge in [-0.15, -0.1) is 0 Å². The van der Waals surface area contributed by atoms with Gasteiger partial charge in [0.2, 0.25) is 5.91 Å². The molecule has 0 saturated carbocycles. The van der Waals surface area contributed by atoms with Crippen LogP contribution in [0.15, 0.2) is 85.1 Å². The number of aromatic nitrogens is 1. The van der Waals surface area contributed by atoms with Crippen molar-refractivity contribution in [2.45, 2.75) is 25.9 Å². The summed E-state index contributed by atoms with van der Waals surface area (Å²) in [6, 6.07) is 23.3. The van der Waals surface area contributed by atoms with Gasteiger partial charge < -0.3 is 24.3 Å². The van der Waals surface area contributed by atoms with Crippen LogP contribution in [0.2, 0.25) is 5.02 Å². The number of hydrogen-bond acceptors (Lipinski definition) is 4. The predicted molar refractivity (Wildman–Crippen MR) is 157 cm³/mol. The molecular formula is C31H31ClN4O4. The van der Waals surface area contributed by atoms with Crippen LogP contribution in [0.5, 0.6) is 11.5 Å². The van der Waals surface area contributed by atoms with Gasteiger partial charge in [-0.25, -0.2) is 4.79 Å². The second-order valence-electron chi connectivity index (χ2n) is 9.73. The molecule has 9 heteroatoms. The van der Waals surface area contributed by atoms with Crippen LogP contribution in [-0.4, -0.2) is 48.2 Å². The van der Waals surface area contributed by atoms with Gasteiger partial charge in [-0.3, -0.25) is 9.69 Å². The maximum Gasteiger partial charge on any atom is 0.322 e. The van der Waals surface area contributed by atoms with Crippen molar-refractivity contribution in [3.8, 4) is 17.2 Å². The van der Waals surface area contributed by atoms with Gasteiger partial charge >= 0.3 is 6.03 Å². The molecule has 3 aromatic carbocycles. The number of para-hydroxylation sites is 2. The number of nitrogens with one attached hydrogen (secondary N) is 1. The number of halogens is 1. The highest BCUT2D eigenvalue weighted by atomic mass is 35.5. The van der Waals surface area contributed by atoms with Gasteiger partial charge in [-0.1, -0.05) is 35.9 Å². The third kappa shape index (κ3) is 5.10. The fourth-order valence-electron chi connectivity index (χ4n) is 5.05. The first kappa shape index (κ1) is 27.1. The maximum absolute atomic E-state index is 14.3. The summed E-state index contributed by atoms with van der Waals surface area (Å²) in [7, 11) is 3.08. The molecule has 1 aliphatic heterocycles. The fraction of sp³-hybridized carbons (Fsp3) is 0.226. The van der Waals surface area contributed by atoms with E-state index in [4.69, 9.17) is 21.1 Å². The lowest BCUT2D eigenvalue weighted by atomic mass is 9.97. The zero-order valence-electron chi connectivity index (χ0n) is 22.8. The summed E-state index contributed by atoms with van der Waals surface area (Å²) in [5, 5.41) is 3.48. The summed E-state index contributed by atoms with van der Waals surface area (Å²) in [5.41, 5.74) is 3.92. The Bertz CT molecular complexity index is 1550. The van der Waals surface area contributed by atoms with E-state index in [9.17, 15) is 9.59 Å². The molecule has 1 unspecified atom stereocenters. The topological polar surface area (TPSA) is 76.0 Å². The SMILES string of the molecule is COc1ccc(NC(=O)N(CC(=O)N2c3ccccc3-n3cccc3C2c2cccc(Cl)c2)C(C)C)c(OC)c1. The normalized spacial score (nSPS) is 13.8. The van der Waals surface area contributed by atoms with E-state index in [1.54, 1.807) is 30.2 Å². The van der Waals surface area contributed by atoms with Crippen LogP contribution in [0.1, 0.15) is 31.1 Å². The van der Waals surface area contributed by atoms with Crippen LogP contribution in [0.3, 0.4) is 0 Å². The molecule has 2 heterocycles. The molecule has 5 rings (SSSR count). The summed E-state index contributed by atoms with van der Waals surface area (Å²) >= 11 is 6.39. The minimum absolute atomic E-state index is 0.145. The van der Waals surface area contributed by atoms with Crippen molar-refractivity contribution < 1.29 is 19.1 Å². The standard InChI is InChI=1S/C31H31ClN4O4/c1-20(2)35(31(38)33-24-15-14-23(39-3)18-28(24)40-4)19-29(37)36-26-12-6-5-11-25(26)34-16-8-13-27(34)30(36)21-9-7-10-22(32)17-21/h5-18,20,30H,19H2,1-4H3,(H,33,38). The first-order valence-electron chi connectivity index (χ1n) is 13.0. The van der Waals surface area contributed by atoms with Crippen molar-refractivity contribution in [2.24, 2.45) is 0 Å². The Hall–Kier alpha value is -4.43. The van der Waals surface area contributed by atoms with E-state index in [0.717, 1.165) is 22.6 Å². The number of carbonyl (C=O) groups is 2. The molecule has 4 aromatic rings. The lowest BCUT2D eigenvalue weighted by Crippen LogP contribution is -2.49. The number of rotatable bonds is 7. The van der Waals surface area contributed by atoms with Crippen molar-refractivity contribution in [1.82, 2.24) is 9.47 Å². The second-order valence-corrected chi connectivity index (χ2v) is 10.2. The van der Waals surface area contributed by atoms with Crippen LogP contribution < -0.4 is 19.7 Å². The molecule has 206 valence electrons. The zero-order valence-corrected chi connectivity index (χ0v) is 23.6. The molecular weight excluding hydrogens is 528 g/mol. The molecule has 0 bridgehead atoms. The van der Waals surface area contributed by atoms with E-state index in [1.165, 1.54) is 12.0 Å². The molecule has 8 nitrogen and oxygen atoms in total. The smallest absolute Gasteiger partial charge is 0.322 e. The van der Waals surface area contributed by atoms with Gasteiger partial charge in [-0.05, 0) is 67.9 Å². The molecule has 0 spiro atoms. The van der Waals surface area contributed by atoms with E-state index in [1.807, 2.05) is 80.7 Å². The van der Waals surface area contributed by atoms with Crippen LogP contribution in [0.4, 0.5) is 16.2 Å². The minimum Gasteiger partial charge on any atom is -0.497 e. The van der Waals surface area contributed by atoms with E-state index < -0.39 is 12.1 Å². The highest BCUT2D eigenvalue weighted by Gasteiger charge is 2.37. The quantitative estimate of drug-likeness (QED) is 0.280. The number of amides is 3. The summed E-state index contributed by atoms with van der Waals surface area (Å²) in [4.78, 5) is 31.1. The lowest BCUT2D eigenvalue weighted by molar-refractivity contribution is -0.119. The Balaban J connectivity index is 1.50.